The van der Waals surface area contributed by atoms with Crippen molar-refractivity contribution in [3.8, 4) is 0 Å². The van der Waals surface area contributed by atoms with Gasteiger partial charge in [-0.1, -0.05) is 34.6 Å². The summed E-state index contributed by atoms with van der Waals surface area (Å²) in [6, 6.07) is 0. The van der Waals surface area contributed by atoms with E-state index < -0.39 is 0 Å². The van der Waals surface area contributed by atoms with Crippen LogP contribution in [0.25, 0.3) is 0 Å². The van der Waals surface area contributed by atoms with Crippen LogP contribution in [0.1, 0.15) is 60.3 Å². The molecule has 108 valence electrons. The van der Waals surface area contributed by atoms with Crippen molar-refractivity contribution in [1.82, 2.24) is 5.32 Å². The van der Waals surface area contributed by atoms with E-state index in [1.807, 2.05) is 0 Å². The molecule has 0 aromatic rings. The molecule has 1 spiro atoms. The van der Waals surface area contributed by atoms with E-state index >= 15 is 0 Å². The van der Waals surface area contributed by atoms with Crippen LogP contribution in [0.5, 0.6) is 0 Å². The molecular weight excluding hydrogens is 238 g/mol. The van der Waals surface area contributed by atoms with Crippen molar-refractivity contribution in [3.05, 3.63) is 0 Å². The predicted octanol–water partition coefficient (Wildman–Crippen LogP) is 3.14. The molecule has 1 heterocycles. The lowest BCUT2D eigenvalue weighted by Gasteiger charge is -2.53. The van der Waals surface area contributed by atoms with Crippen LogP contribution >= 0.6 is 0 Å². The van der Waals surface area contributed by atoms with E-state index in [2.05, 4.69) is 39.9 Å². The van der Waals surface area contributed by atoms with Gasteiger partial charge in [-0.15, -0.1) is 0 Å². The van der Waals surface area contributed by atoms with Crippen LogP contribution in [0.2, 0.25) is 0 Å². The zero-order chi connectivity index (χ0) is 14.4. The van der Waals surface area contributed by atoms with Gasteiger partial charge in [0, 0.05) is 12.3 Å². The fourth-order valence-electron chi connectivity index (χ4n) is 5.16. The first-order valence-electron chi connectivity index (χ1n) is 7.49. The zero-order valence-electron chi connectivity index (χ0n) is 12.9. The molecule has 1 saturated carbocycles. The quantitative estimate of drug-likeness (QED) is 0.740. The van der Waals surface area contributed by atoms with Gasteiger partial charge in [0.15, 0.2) is 0 Å². The highest BCUT2D eigenvalue weighted by Crippen LogP contribution is 2.56. The fraction of sp³-hybridized carbons (Fsp3) is 0.875. The number of hydrogen-bond donors (Lipinski definition) is 1. The maximum atomic E-state index is 12.3. The number of hydrogen-bond acceptors (Lipinski definition) is 2. The number of amides is 2. The van der Waals surface area contributed by atoms with Gasteiger partial charge in [-0.3, -0.25) is 14.9 Å². The van der Waals surface area contributed by atoms with Gasteiger partial charge >= 0.3 is 0 Å². The third-order valence-electron chi connectivity index (χ3n) is 4.87. The highest BCUT2D eigenvalue weighted by atomic mass is 16.2. The molecule has 2 fully saturated rings. The van der Waals surface area contributed by atoms with Crippen LogP contribution in [0.3, 0.4) is 0 Å². The molecule has 2 amide bonds. The van der Waals surface area contributed by atoms with Crippen molar-refractivity contribution in [2.75, 3.05) is 0 Å². The third-order valence-corrected chi connectivity index (χ3v) is 4.87. The van der Waals surface area contributed by atoms with Gasteiger partial charge < -0.3 is 0 Å². The molecule has 3 atom stereocenters. The van der Waals surface area contributed by atoms with Gasteiger partial charge in [-0.25, -0.2) is 0 Å². The summed E-state index contributed by atoms with van der Waals surface area (Å²) in [6.07, 6.45) is 3.72. The number of piperidine rings is 1. The molecular formula is C16H27NO2. The lowest BCUT2D eigenvalue weighted by molar-refractivity contribution is -0.151. The van der Waals surface area contributed by atoms with Crippen molar-refractivity contribution in [3.63, 3.8) is 0 Å². The van der Waals surface area contributed by atoms with E-state index in [-0.39, 0.29) is 34.5 Å². The fourth-order valence-corrected chi connectivity index (χ4v) is 5.16. The molecule has 0 aromatic heterocycles. The average molecular weight is 265 g/mol. The van der Waals surface area contributed by atoms with Crippen LogP contribution in [0.15, 0.2) is 0 Å². The zero-order valence-corrected chi connectivity index (χ0v) is 12.9. The average Bonchev–Trinajstić information content (AvgIpc) is 2.09. The highest BCUT2D eigenvalue weighted by Gasteiger charge is 2.54. The SMILES string of the molecule is CC1CC(C)(C)CC2(CC(=O)NC(=O)C2C(C)C)C1. The molecule has 1 saturated heterocycles. The minimum Gasteiger partial charge on any atom is -0.296 e. The van der Waals surface area contributed by atoms with Crippen molar-refractivity contribution in [2.45, 2.75) is 60.3 Å². The Hall–Kier alpha value is -0.860. The van der Waals surface area contributed by atoms with Crippen molar-refractivity contribution < 1.29 is 9.59 Å². The maximum Gasteiger partial charge on any atom is 0.230 e. The van der Waals surface area contributed by atoms with Crippen LogP contribution in [0, 0.1) is 28.6 Å². The minimum absolute atomic E-state index is 0.0211. The van der Waals surface area contributed by atoms with Gasteiger partial charge in [0.1, 0.15) is 0 Å². The number of carbonyl (C=O) groups is 2. The molecule has 0 aromatic carbocycles. The molecule has 2 rings (SSSR count). The van der Waals surface area contributed by atoms with E-state index in [9.17, 15) is 9.59 Å². The van der Waals surface area contributed by atoms with E-state index in [1.54, 1.807) is 0 Å². The number of imide groups is 1. The van der Waals surface area contributed by atoms with E-state index in [4.69, 9.17) is 0 Å². The molecule has 0 radical (unpaired) electrons. The Morgan fingerprint density at radius 2 is 1.84 bits per heavy atom. The first kappa shape index (κ1) is 14.5. The molecule has 0 bridgehead atoms. The molecule has 19 heavy (non-hydrogen) atoms. The first-order chi connectivity index (χ1) is 8.65. The lowest BCUT2D eigenvalue weighted by Crippen LogP contribution is -2.57. The summed E-state index contributed by atoms with van der Waals surface area (Å²) in [5.74, 6) is 0.730. The molecule has 3 nitrogen and oxygen atoms in total. The summed E-state index contributed by atoms with van der Waals surface area (Å²) in [5, 5.41) is 2.55. The van der Waals surface area contributed by atoms with Crippen LogP contribution in [0.4, 0.5) is 0 Å². The van der Waals surface area contributed by atoms with Gasteiger partial charge in [-0.05, 0) is 41.9 Å². The van der Waals surface area contributed by atoms with E-state index in [1.165, 1.54) is 6.42 Å². The second-order valence-electron chi connectivity index (χ2n) is 8.03. The number of nitrogens with one attached hydrogen (secondary N) is 1. The normalized spacial score (nSPS) is 38.6. The summed E-state index contributed by atoms with van der Waals surface area (Å²) < 4.78 is 0. The Morgan fingerprint density at radius 3 is 2.37 bits per heavy atom. The molecule has 2 aliphatic rings. The van der Waals surface area contributed by atoms with Crippen molar-refractivity contribution in [1.29, 1.82) is 0 Å². The third kappa shape index (κ3) is 2.70. The smallest absolute Gasteiger partial charge is 0.230 e. The van der Waals surface area contributed by atoms with E-state index in [0.29, 0.717) is 12.3 Å². The van der Waals surface area contributed by atoms with Crippen LogP contribution in [-0.2, 0) is 9.59 Å². The highest BCUT2D eigenvalue weighted by molar-refractivity contribution is 5.99. The molecule has 3 unspecified atom stereocenters. The largest absolute Gasteiger partial charge is 0.296 e. The molecule has 3 heteroatoms. The minimum atomic E-state index is -0.116. The number of rotatable bonds is 1. The summed E-state index contributed by atoms with van der Waals surface area (Å²) in [7, 11) is 0. The topological polar surface area (TPSA) is 46.2 Å². The summed E-state index contributed by atoms with van der Waals surface area (Å²) in [5.41, 5.74) is 0.109. The van der Waals surface area contributed by atoms with Crippen molar-refractivity contribution in [2.24, 2.45) is 28.6 Å². The molecule has 1 N–H and O–H groups in total. The van der Waals surface area contributed by atoms with Crippen LogP contribution < -0.4 is 5.32 Å². The standard InChI is InChI=1S/C16H27NO2/c1-10(2)13-14(19)17-12(18)8-16(13)7-11(3)6-15(4,5)9-16/h10-11,13H,6-9H2,1-5H3,(H,17,18,19). The molecule has 1 aliphatic heterocycles. The first-order valence-corrected chi connectivity index (χ1v) is 7.49. The predicted molar refractivity (Wildman–Crippen MR) is 75.3 cm³/mol. The monoisotopic (exact) mass is 265 g/mol. The van der Waals surface area contributed by atoms with Crippen LogP contribution in [-0.4, -0.2) is 11.8 Å². The van der Waals surface area contributed by atoms with Gasteiger partial charge in [0.25, 0.3) is 0 Å². The van der Waals surface area contributed by atoms with E-state index in [0.717, 1.165) is 12.8 Å². The Balaban J connectivity index is 2.40. The second-order valence-corrected chi connectivity index (χ2v) is 8.03. The Morgan fingerprint density at radius 1 is 1.21 bits per heavy atom. The van der Waals surface area contributed by atoms with Crippen molar-refractivity contribution >= 4 is 11.8 Å². The Labute approximate surface area is 116 Å². The summed E-state index contributed by atoms with van der Waals surface area (Å²) in [4.78, 5) is 24.2. The van der Waals surface area contributed by atoms with Gasteiger partial charge in [-0.2, -0.15) is 0 Å². The molecule has 1 aliphatic carbocycles. The summed E-state index contributed by atoms with van der Waals surface area (Å²) >= 11 is 0. The van der Waals surface area contributed by atoms with Gasteiger partial charge in [0.05, 0.1) is 0 Å². The Bertz CT molecular complexity index is 400. The summed E-state index contributed by atoms with van der Waals surface area (Å²) in [6.45, 7) is 11.0. The van der Waals surface area contributed by atoms with Gasteiger partial charge in [0.2, 0.25) is 11.8 Å². The Kier molecular flexibility index (Phi) is 3.53. The lowest BCUT2D eigenvalue weighted by atomic mass is 9.52. The maximum absolute atomic E-state index is 12.3. The second kappa shape index (κ2) is 4.60. The number of carbonyl (C=O) groups excluding carboxylic acids is 2.